The molecule has 1 aromatic heterocycles. The second-order valence-corrected chi connectivity index (χ2v) is 7.10. The van der Waals surface area contributed by atoms with Crippen LogP contribution in [-0.2, 0) is 4.79 Å². The van der Waals surface area contributed by atoms with Crippen molar-refractivity contribution in [1.82, 2.24) is 15.3 Å². The monoisotopic (exact) mass is 316 g/mol. The first-order chi connectivity index (χ1) is 11.1. The number of amides is 1. The van der Waals surface area contributed by atoms with Crippen LogP contribution < -0.4 is 10.2 Å². The first kappa shape index (κ1) is 16.2. The standard InChI is InChI=1S/C18H28N4O/c1-13-11-17(20-14(2)19-13)22-9-7-15(8-10-22)12-18(23)21-16-5-3-4-6-16/h11,15-16H,3-10,12H2,1-2H3,(H,21,23). The molecule has 126 valence electrons. The van der Waals surface area contributed by atoms with E-state index in [9.17, 15) is 4.79 Å². The number of nitrogens with zero attached hydrogens (tertiary/aromatic N) is 3. The maximum Gasteiger partial charge on any atom is 0.220 e. The molecule has 5 heteroatoms. The quantitative estimate of drug-likeness (QED) is 0.928. The van der Waals surface area contributed by atoms with E-state index >= 15 is 0 Å². The molecule has 1 aromatic rings. The minimum atomic E-state index is 0.254. The van der Waals surface area contributed by atoms with E-state index in [4.69, 9.17) is 0 Å². The highest BCUT2D eigenvalue weighted by Crippen LogP contribution is 2.25. The van der Waals surface area contributed by atoms with E-state index in [1.165, 1.54) is 12.8 Å². The summed E-state index contributed by atoms with van der Waals surface area (Å²) in [5, 5.41) is 3.21. The van der Waals surface area contributed by atoms with E-state index in [2.05, 4.69) is 26.3 Å². The normalized spacial score (nSPS) is 20.0. The summed E-state index contributed by atoms with van der Waals surface area (Å²) in [4.78, 5) is 23.4. The van der Waals surface area contributed by atoms with Crippen LogP contribution in [0.4, 0.5) is 5.82 Å². The van der Waals surface area contributed by atoms with Gasteiger partial charge in [0.05, 0.1) is 0 Å². The average molecular weight is 316 g/mol. The highest BCUT2D eigenvalue weighted by Gasteiger charge is 2.24. The van der Waals surface area contributed by atoms with Crippen molar-refractivity contribution in [2.75, 3.05) is 18.0 Å². The van der Waals surface area contributed by atoms with Gasteiger partial charge in [0.25, 0.3) is 0 Å². The fraction of sp³-hybridized carbons (Fsp3) is 0.722. The zero-order valence-electron chi connectivity index (χ0n) is 14.3. The molecule has 2 fully saturated rings. The Kier molecular flexibility index (Phi) is 5.13. The number of hydrogen-bond acceptors (Lipinski definition) is 4. The number of carbonyl (C=O) groups excluding carboxylic acids is 1. The lowest BCUT2D eigenvalue weighted by molar-refractivity contribution is -0.122. The zero-order chi connectivity index (χ0) is 16.2. The molecular weight excluding hydrogens is 288 g/mol. The number of aromatic nitrogens is 2. The van der Waals surface area contributed by atoms with Crippen LogP contribution in [0.3, 0.4) is 0 Å². The van der Waals surface area contributed by atoms with E-state index in [0.717, 1.165) is 56.1 Å². The Morgan fingerprint density at radius 1 is 1.17 bits per heavy atom. The Morgan fingerprint density at radius 3 is 2.52 bits per heavy atom. The molecule has 1 amide bonds. The number of nitrogens with one attached hydrogen (secondary N) is 1. The Balaban J connectivity index is 1.47. The number of carbonyl (C=O) groups is 1. The summed E-state index contributed by atoms with van der Waals surface area (Å²) in [5.74, 6) is 2.63. The van der Waals surface area contributed by atoms with Crippen molar-refractivity contribution in [3.63, 3.8) is 0 Å². The van der Waals surface area contributed by atoms with Gasteiger partial charge >= 0.3 is 0 Å². The smallest absolute Gasteiger partial charge is 0.220 e. The maximum atomic E-state index is 12.2. The predicted octanol–water partition coefficient (Wildman–Crippen LogP) is 2.76. The summed E-state index contributed by atoms with van der Waals surface area (Å²) in [6.45, 7) is 5.92. The number of anilines is 1. The van der Waals surface area contributed by atoms with Crippen molar-refractivity contribution in [3.8, 4) is 0 Å². The molecule has 0 unspecified atom stereocenters. The van der Waals surface area contributed by atoms with Gasteiger partial charge in [-0.05, 0) is 45.4 Å². The third-order valence-electron chi connectivity index (χ3n) is 5.09. The summed E-state index contributed by atoms with van der Waals surface area (Å²) in [5.41, 5.74) is 1.02. The minimum absolute atomic E-state index is 0.254. The highest BCUT2D eigenvalue weighted by molar-refractivity contribution is 5.76. The van der Waals surface area contributed by atoms with Crippen LogP contribution in [-0.4, -0.2) is 35.0 Å². The van der Waals surface area contributed by atoms with E-state index in [0.29, 0.717) is 18.4 Å². The molecule has 0 bridgehead atoms. The Hall–Kier alpha value is -1.65. The third kappa shape index (κ3) is 4.43. The Morgan fingerprint density at radius 2 is 1.87 bits per heavy atom. The van der Waals surface area contributed by atoms with Crippen molar-refractivity contribution in [3.05, 3.63) is 17.6 Å². The molecule has 0 radical (unpaired) electrons. The van der Waals surface area contributed by atoms with Crippen molar-refractivity contribution in [1.29, 1.82) is 0 Å². The fourth-order valence-electron chi connectivity index (χ4n) is 3.84. The first-order valence-corrected chi connectivity index (χ1v) is 8.97. The number of rotatable bonds is 4. The average Bonchev–Trinajstić information content (AvgIpc) is 2.99. The van der Waals surface area contributed by atoms with Crippen LogP contribution >= 0.6 is 0 Å². The van der Waals surface area contributed by atoms with Crippen molar-refractivity contribution >= 4 is 11.7 Å². The van der Waals surface area contributed by atoms with Gasteiger partial charge in [0.15, 0.2) is 0 Å². The van der Waals surface area contributed by atoms with Gasteiger partial charge in [0, 0.05) is 37.3 Å². The molecule has 0 spiro atoms. The molecule has 2 aliphatic rings. The lowest BCUT2D eigenvalue weighted by Gasteiger charge is -2.33. The van der Waals surface area contributed by atoms with Crippen LogP contribution in [0.2, 0.25) is 0 Å². The van der Waals surface area contributed by atoms with Gasteiger partial charge in [0.2, 0.25) is 5.91 Å². The van der Waals surface area contributed by atoms with E-state index < -0.39 is 0 Å². The van der Waals surface area contributed by atoms with Crippen molar-refractivity contribution < 1.29 is 4.79 Å². The molecule has 1 saturated heterocycles. The molecule has 1 aliphatic carbocycles. The number of piperidine rings is 1. The van der Waals surface area contributed by atoms with Crippen LogP contribution in [0.5, 0.6) is 0 Å². The van der Waals surface area contributed by atoms with Crippen molar-refractivity contribution in [2.24, 2.45) is 5.92 Å². The second kappa shape index (κ2) is 7.28. The SMILES string of the molecule is Cc1cc(N2CCC(CC(=O)NC3CCCC3)CC2)nc(C)n1. The lowest BCUT2D eigenvalue weighted by atomic mass is 9.93. The summed E-state index contributed by atoms with van der Waals surface area (Å²) in [6, 6.07) is 2.50. The molecule has 2 heterocycles. The molecule has 0 aromatic carbocycles. The highest BCUT2D eigenvalue weighted by atomic mass is 16.1. The number of hydrogen-bond donors (Lipinski definition) is 1. The Labute approximate surface area is 138 Å². The predicted molar refractivity (Wildman–Crippen MR) is 91.5 cm³/mol. The molecule has 5 nitrogen and oxygen atoms in total. The fourth-order valence-corrected chi connectivity index (χ4v) is 3.84. The van der Waals surface area contributed by atoms with E-state index in [1.807, 2.05) is 13.8 Å². The van der Waals surface area contributed by atoms with E-state index in [1.54, 1.807) is 0 Å². The molecule has 1 aliphatic heterocycles. The van der Waals surface area contributed by atoms with Crippen molar-refractivity contribution in [2.45, 2.75) is 64.8 Å². The number of aryl methyl sites for hydroxylation is 2. The van der Waals surface area contributed by atoms with Gasteiger partial charge < -0.3 is 10.2 Å². The first-order valence-electron chi connectivity index (χ1n) is 8.97. The molecule has 23 heavy (non-hydrogen) atoms. The van der Waals surface area contributed by atoms with Gasteiger partial charge in [-0.3, -0.25) is 4.79 Å². The minimum Gasteiger partial charge on any atom is -0.356 e. The van der Waals surface area contributed by atoms with Crippen LogP contribution in [0.15, 0.2) is 6.07 Å². The molecular formula is C18H28N4O. The lowest BCUT2D eigenvalue weighted by Crippen LogP contribution is -2.38. The maximum absolute atomic E-state index is 12.2. The van der Waals surface area contributed by atoms with Gasteiger partial charge in [-0.1, -0.05) is 12.8 Å². The largest absolute Gasteiger partial charge is 0.356 e. The van der Waals surface area contributed by atoms with E-state index in [-0.39, 0.29) is 5.91 Å². The van der Waals surface area contributed by atoms with Gasteiger partial charge in [0.1, 0.15) is 11.6 Å². The molecule has 3 rings (SSSR count). The molecule has 1 N–H and O–H groups in total. The zero-order valence-corrected chi connectivity index (χ0v) is 14.3. The van der Waals surface area contributed by atoms with Crippen LogP contribution in [0, 0.1) is 19.8 Å². The summed E-state index contributed by atoms with van der Waals surface area (Å²) >= 11 is 0. The van der Waals surface area contributed by atoms with Crippen LogP contribution in [0.1, 0.15) is 56.5 Å². The Bertz CT molecular complexity index is 526. The third-order valence-corrected chi connectivity index (χ3v) is 5.09. The van der Waals surface area contributed by atoms with Gasteiger partial charge in [-0.25, -0.2) is 9.97 Å². The summed E-state index contributed by atoms with van der Waals surface area (Å²) in [7, 11) is 0. The summed E-state index contributed by atoms with van der Waals surface area (Å²) < 4.78 is 0. The van der Waals surface area contributed by atoms with Gasteiger partial charge in [-0.2, -0.15) is 0 Å². The topological polar surface area (TPSA) is 58.1 Å². The molecule has 0 atom stereocenters. The summed E-state index contributed by atoms with van der Waals surface area (Å²) in [6.07, 6.45) is 7.68. The second-order valence-electron chi connectivity index (χ2n) is 7.10. The van der Waals surface area contributed by atoms with Gasteiger partial charge in [-0.15, -0.1) is 0 Å². The molecule has 1 saturated carbocycles. The van der Waals surface area contributed by atoms with Crippen LogP contribution in [0.25, 0.3) is 0 Å².